The van der Waals surface area contributed by atoms with Gasteiger partial charge in [0.15, 0.2) is 0 Å². The van der Waals surface area contributed by atoms with Gasteiger partial charge in [-0.1, -0.05) is 43.5 Å². The molecule has 0 bridgehead atoms. The van der Waals surface area contributed by atoms with Crippen LogP contribution >= 0.6 is 0 Å². The highest BCUT2D eigenvalue weighted by Gasteiger charge is 2.55. The number of carbonyl (C=O) groups excluding carboxylic acids is 4. The Balaban J connectivity index is 1.40. The molecule has 10 heteroatoms. The molecule has 10 nitrogen and oxygen atoms in total. The second-order valence-electron chi connectivity index (χ2n) is 12.2. The largest absolute Gasteiger partial charge is 0.453 e. The molecule has 1 saturated carbocycles. The number of methoxy groups -OCH3 is 1. The fraction of sp³-hybridized carbons (Fsp3) is 0.677. The van der Waals surface area contributed by atoms with Crippen LogP contribution in [0, 0.1) is 11.8 Å². The summed E-state index contributed by atoms with van der Waals surface area (Å²) in [7, 11) is 3.07. The zero-order valence-electron chi connectivity index (χ0n) is 24.6. The molecule has 2 saturated heterocycles. The maximum atomic E-state index is 14.3. The number of aryl methyl sites for hydroxylation is 1. The Hall–Kier alpha value is -3.14. The number of nitrogens with one attached hydrogen (secondary N) is 3. The molecule has 41 heavy (non-hydrogen) atoms. The molecule has 3 N–H and O–H groups in total. The van der Waals surface area contributed by atoms with Gasteiger partial charge in [-0.2, -0.15) is 0 Å². The van der Waals surface area contributed by atoms with E-state index in [1.54, 1.807) is 23.8 Å². The molecule has 1 aromatic rings. The van der Waals surface area contributed by atoms with Crippen molar-refractivity contribution in [3.63, 3.8) is 0 Å². The highest BCUT2D eigenvalue weighted by molar-refractivity contribution is 5.91. The fourth-order valence-corrected chi connectivity index (χ4v) is 7.52. The maximum absolute atomic E-state index is 14.3. The molecule has 224 valence electrons. The molecule has 1 aromatic carbocycles. The quantitative estimate of drug-likeness (QED) is 0.466. The smallest absolute Gasteiger partial charge is 0.409 e. The predicted molar refractivity (Wildman–Crippen MR) is 154 cm³/mol. The molecule has 0 unspecified atom stereocenters. The number of fused-ring (bicyclic) bond motifs is 2. The Morgan fingerprint density at radius 3 is 2.46 bits per heavy atom. The van der Waals surface area contributed by atoms with Crippen LogP contribution < -0.4 is 16.0 Å². The van der Waals surface area contributed by atoms with Crippen molar-refractivity contribution in [2.24, 2.45) is 11.8 Å². The van der Waals surface area contributed by atoms with Gasteiger partial charge in [-0.15, -0.1) is 0 Å². The molecule has 0 aromatic heterocycles. The van der Waals surface area contributed by atoms with Gasteiger partial charge >= 0.3 is 6.09 Å². The van der Waals surface area contributed by atoms with Gasteiger partial charge in [0.25, 0.3) is 0 Å². The van der Waals surface area contributed by atoms with Gasteiger partial charge in [-0.05, 0) is 69.5 Å². The van der Waals surface area contributed by atoms with E-state index in [-0.39, 0.29) is 42.3 Å². The minimum absolute atomic E-state index is 0.0486. The van der Waals surface area contributed by atoms with Crippen molar-refractivity contribution in [3.8, 4) is 0 Å². The van der Waals surface area contributed by atoms with Crippen molar-refractivity contribution in [1.82, 2.24) is 25.8 Å². The molecule has 2 aliphatic heterocycles. The first-order chi connectivity index (χ1) is 19.8. The second kappa shape index (κ2) is 12.8. The van der Waals surface area contributed by atoms with Gasteiger partial charge in [0.2, 0.25) is 17.7 Å². The van der Waals surface area contributed by atoms with E-state index in [1.807, 2.05) is 12.1 Å². The van der Waals surface area contributed by atoms with Crippen LogP contribution in [0.1, 0.15) is 75.5 Å². The summed E-state index contributed by atoms with van der Waals surface area (Å²) in [5.41, 5.74) is 2.40. The highest BCUT2D eigenvalue weighted by Crippen LogP contribution is 2.39. The summed E-state index contributed by atoms with van der Waals surface area (Å²) in [5.74, 6) is -1.03. The Labute approximate surface area is 242 Å². The Bertz CT molecular complexity index is 1140. The third-order valence-corrected chi connectivity index (χ3v) is 9.85. The Morgan fingerprint density at radius 1 is 0.976 bits per heavy atom. The number of likely N-dealkylation sites (N-methyl/N-ethyl adjacent to an activating group) is 1. The fourth-order valence-electron chi connectivity index (χ4n) is 7.52. The van der Waals surface area contributed by atoms with E-state index < -0.39 is 30.1 Å². The molecule has 4 amide bonds. The molecule has 0 spiro atoms. The average molecular weight is 568 g/mol. The van der Waals surface area contributed by atoms with Crippen LogP contribution in [-0.2, 0) is 25.5 Å². The van der Waals surface area contributed by atoms with Crippen molar-refractivity contribution in [2.75, 3.05) is 27.2 Å². The van der Waals surface area contributed by atoms with Gasteiger partial charge in [0.05, 0.1) is 37.2 Å². The monoisotopic (exact) mass is 567 g/mol. The van der Waals surface area contributed by atoms with Crippen molar-refractivity contribution in [2.45, 2.75) is 94.9 Å². The molecule has 5 rings (SSSR count). The lowest BCUT2D eigenvalue weighted by Gasteiger charge is -2.36. The zero-order valence-corrected chi connectivity index (χ0v) is 24.6. The van der Waals surface area contributed by atoms with Gasteiger partial charge in [0.1, 0.15) is 6.04 Å². The lowest BCUT2D eigenvalue weighted by molar-refractivity contribution is -0.141. The van der Waals surface area contributed by atoms with Crippen LogP contribution in [0.5, 0.6) is 0 Å². The highest BCUT2D eigenvalue weighted by atomic mass is 16.5. The standard InChI is InChI=1S/C31H45N5O5/c1-19(32-2)28(37)34-26(21-11-5-4-6-12-21)30(39)35-17-16-25-27(35)23(18-36(25)31(40)41-3)29(38)33-24-15-9-13-20-10-7-8-14-22(20)24/h7-8,10,14,19,21,23-27,32H,4-6,9,11-13,15-18H2,1-3H3,(H,33,38)(H,34,37)/t19-,23+,24-,25-,26+,27-/m1/s1. The summed E-state index contributed by atoms with van der Waals surface area (Å²) in [6.45, 7) is 2.40. The molecule has 2 aliphatic carbocycles. The van der Waals surface area contributed by atoms with Crippen LogP contribution in [0.25, 0.3) is 0 Å². The van der Waals surface area contributed by atoms with Crippen LogP contribution in [0.3, 0.4) is 0 Å². The third-order valence-electron chi connectivity index (χ3n) is 9.85. The van der Waals surface area contributed by atoms with E-state index >= 15 is 0 Å². The maximum Gasteiger partial charge on any atom is 0.409 e. The third kappa shape index (κ3) is 5.94. The van der Waals surface area contributed by atoms with Gasteiger partial charge < -0.3 is 30.5 Å². The SMILES string of the molecule is CN[C@H](C)C(=O)N[C@H](C(=O)N1CC[C@@H]2[C@H]1[C@@H](C(=O)N[C@@H]1CCCc3ccccc31)CN2C(=O)OC)C1CCCCC1. The van der Waals surface area contributed by atoms with Crippen LogP contribution in [0.2, 0.25) is 0 Å². The lowest BCUT2D eigenvalue weighted by atomic mass is 9.83. The molecular formula is C31H45N5O5. The van der Waals surface area contributed by atoms with Crippen molar-refractivity contribution in [1.29, 1.82) is 0 Å². The lowest BCUT2D eigenvalue weighted by Crippen LogP contribution is -2.58. The number of hydrogen-bond donors (Lipinski definition) is 3. The predicted octanol–water partition coefficient (Wildman–Crippen LogP) is 2.52. The van der Waals surface area contributed by atoms with Crippen molar-refractivity contribution < 1.29 is 23.9 Å². The summed E-state index contributed by atoms with van der Waals surface area (Å²) in [6.07, 6.45) is 7.88. The van der Waals surface area contributed by atoms with Crippen LogP contribution in [0.15, 0.2) is 24.3 Å². The number of benzene rings is 1. The van der Waals surface area contributed by atoms with E-state index in [4.69, 9.17) is 4.74 Å². The number of carbonyl (C=O) groups is 4. The molecule has 3 fully saturated rings. The normalized spacial score (nSPS) is 27.4. The number of likely N-dealkylation sites (tertiary alicyclic amines) is 2. The van der Waals surface area contributed by atoms with Crippen LogP contribution in [-0.4, -0.2) is 85.0 Å². The van der Waals surface area contributed by atoms with Crippen LogP contribution in [0.4, 0.5) is 4.79 Å². The van der Waals surface area contributed by atoms with E-state index in [9.17, 15) is 19.2 Å². The Kier molecular flexibility index (Phi) is 9.16. The number of hydrogen-bond acceptors (Lipinski definition) is 6. The van der Waals surface area contributed by atoms with E-state index in [0.717, 1.165) is 56.9 Å². The molecule has 6 atom stereocenters. The number of amides is 4. The number of nitrogens with zero attached hydrogens (tertiary/aromatic N) is 2. The molecule has 4 aliphatic rings. The first-order valence-corrected chi connectivity index (χ1v) is 15.3. The van der Waals surface area contributed by atoms with E-state index in [0.29, 0.717) is 13.0 Å². The molecular weight excluding hydrogens is 522 g/mol. The van der Waals surface area contributed by atoms with Gasteiger partial charge in [-0.25, -0.2) is 4.79 Å². The summed E-state index contributed by atoms with van der Waals surface area (Å²) in [5, 5.41) is 9.30. The van der Waals surface area contributed by atoms with E-state index in [1.165, 1.54) is 12.7 Å². The number of ether oxygens (including phenoxy) is 1. The summed E-state index contributed by atoms with van der Waals surface area (Å²) in [6, 6.07) is 6.26. The van der Waals surface area contributed by atoms with Crippen molar-refractivity contribution in [3.05, 3.63) is 35.4 Å². The van der Waals surface area contributed by atoms with E-state index in [2.05, 4.69) is 28.1 Å². The summed E-state index contributed by atoms with van der Waals surface area (Å²) < 4.78 is 5.08. The van der Waals surface area contributed by atoms with Gasteiger partial charge in [0, 0.05) is 13.1 Å². The van der Waals surface area contributed by atoms with Crippen molar-refractivity contribution >= 4 is 23.8 Å². The Morgan fingerprint density at radius 2 is 1.73 bits per heavy atom. The molecule has 0 radical (unpaired) electrons. The summed E-state index contributed by atoms with van der Waals surface area (Å²) >= 11 is 0. The molecule has 2 heterocycles. The minimum Gasteiger partial charge on any atom is -0.453 e. The average Bonchev–Trinajstić information content (AvgIpc) is 3.60. The minimum atomic E-state index is -0.654. The second-order valence-corrected chi connectivity index (χ2v) is 12.2. The number of rotatable bonds is 7. The van der Waals surface area contributed by atoms with Gasteiger partial charge in [-0.3, -0.25) is 14.4 Å². The first-order valence-electron chi connectivity index (χ1n) is 15.3. The topological polar surface area (TPSA) is 120 Å². The summed E-state index contributed by atoms with van der Waals surface area (Å²) in [4.78, 5) is 57.5. The zero-order chi connectivity index (χ0) is 29.1. The first kappa shape index (κ1) is 29.4.